The van der Waals surface area contributed by atoms with Crippen molar-refractivity contribution < 1.29 is 18.8 Å². The number of benzene rings is 1. The maximum atomic E-state index is 13.0. The zero-order valence-electron chi connectivity index (χ0n) is 15.4. The van der Waals surface area contributed by atoms with Crippen molar-refractivity contribution in [2.24, 2.45) is 11.7 Å². The molecule has 0 radical (unpaired) electrons. The van der Waals surface area contributed by atoms with Gasteiger partial charge in [-0.2, -0.15) is 0 Å². The van der Waals surface area contributed by atoms with Gasteiger partial charge in [0, 0.05) is 34.7 Å². The monoisotopic (exact) mass is 390 g/mol. The molecule has 1 heterocycles. The first kappa shape index (κ1) is 20.8. The van der Waals surface area contributed by atoms with Gasteiger partial charge in [0.1, 0.15) is 5.82 Å². The highest BCUT2D eigenvalue weighted by Gasteiger charge is 2.18. The molecule has 0 bridgehead atoms. The lowest BCUT2D eigenvalue weighted by molar-refractivity contribution is -0.123. The quantitative estimate of drug-likeness (QED) is 0.645. The van der Waals surface area contributed by atoms with Gasteiger partial charge in [0.15, 0.2) is 5.78 Å². The van der Waals surface area contributed by atoms with E-state index in [2.05, 4.69) is 5.32 Å². The molecule has 1 aromatic carbocycles. The first-order valence-electron chi connectivity index (χ1n) is 8.67. The molecular formula is C20H23FN2O3S. The van der Waals surface area contributed by atoms with E-state index in [0.717, 1.165) is 15.3 Å². The second-order valence-corrected chi connectivity index (χ2v) is 7.94. The van der Waals surface area contributed by atoms with Gasteiger partial charge in [-0.3, -0.25) is 14.4 Å². The molecule has 0 saturated heterocycles. The molecule has 0 aliphatic heterocycles. The van der Waals surface area contributed by atoms with E-state index in [9.17, 15) is 18.8 Å². The summed E-state index contributed by atoms with van der Waals surface area (Å²) in [6.07, 6.45) is 0.472. The molecule has 0 spiro atoms. The number of nitrogens with two attached hydrogens (primary N) is 1. The van der Waals surface area contributed by atoms with Gasteiger partial charge >= 0.3 is 0 Å². The molecule has 2 amide bonds. The van der Waals surface area contributed by atoms with Crippen molar-refractivity contribution in [2.45, 2.75) is 33.1 Å². The fourth-order valence-electron chi connectivity index (χ4n) is 2.77. The van der Waals surface area contributed by atoms with Crippen LogP contribution in [0.1, 0.15) is 38.5 Å². The van der Waals surface area contributed by atoms with Gasteiger partial charge in [-0.15, -0.1) is 11.3 Å². The molecule has 27 heavy (non-hydrogen) atoms. The number of amides is 2. The van der Waals surface area contributed by atoms with Crippen LogP contribution in [0.4, 0.5) is 4.39 Å². The minimum absolute atomic E-state index is 0.0508. The molecule has 144 valence electrons. The zero-order valence-corrected chi connectivity index (χ0v) is 16.2. The lowest BCUT2D eigenvalue weighted by atomic mass is 9.98. The number of thiophene rings is 1. The van der Waals surface area contributed by atoms with Crippen LogP contribution in [-0.4, -0.2) is 24.1 Å². The Morgan fingerprint density at radius 1 is 1.15 bits per heavy atom. The van der Waals surface area contributed by atoms with Gasteiger partial charge in [-0.05, 0) is 44.0 Å². The summed E-state index contributed by atoms with van der Waals surface area (Å²) >= 11 is 1.55. The summed E-state index contributed by atoms with van der Waals surface area (Å²) in [6.45, 7) is 3.90. The number of ketones is 1. The minimum Gasteiger partial charge on any atom is -0.369 e. The molecular weight excluding hydrogens is 367 g/mol. The Bertz CT molecular complexity index is 830. The Morgan fingerprint density at radius 2 is 1.81 bits per heavy atom. The predicted octanol–water partition coefficient (Wildman–Crippen LogP) is 2.93. The Morgan fingerprint density at radius 3 is 2.37 bits per heavy atom. The van der Waals surface area contributed by atoms with Crippen LogP contribution in [0.2, 0.25) is 0 Å². The number of halogens is 1. The van der Waals surface area contributed by atoms with E-state index >= 15 is 0 Å². The fraction of sp³-hybridized carbons (Fsp3) is 0.350. The van der Waals surface area contributed by atoms with Crippen molar-refractivity contribution in [3.05, 3.63) is 57.0 Å². The topological polar surface area (TPSA) is 89.3 Å². The van der Waals surface area contributed by atoms with Gasteiger partial charge in [-0.25, -0.2) is 4.39 Å². The lowest BCUT2D eigenvalue weighted by Crippen LogP contribution is -2.37. The first-order valence-corrected chi connectivity index (χ1v) is 9.48. The number of aryl methyl sites for hydroxylation is 2. The molecule has 5 nitrogen and oxygen atoms in total. The molecule has 1 aromatic heterocycles. The molecule has 3 N–H and O–H groups in total. The Hall–Kier alpha value is -2.54. The van der Waals surface area contributed by atoms with Gasteiger partial charge in [0.05, 0.1) is 5.92 Å². The third kappa shape index (κ3) is 6.29. The van der Waals surface area contributed by atoms with Crippen LogP contribution in [-0.2, 0) is 16.0 Å². The van der Waals surface area contributed by atoms with Crippen LogP contribution in [0.15, 0.2) is 30.3 Å². The number of nitrogens with one attached hydrogen (secondary N) is 1. The third-order valence-electron chi connectivity index (χ3n) is 4.26. The minimum atomic E-state index is -0.600. The number of hydrogen-bond acceptors (Lipinski definition) is 4. The Kier molecular flexibility index (Phi) is 7.24. The predicted molar refractivity (Wildman–Crippen MR) is 103 cm³/mol. The molecule has 7 heteroatoms. The van der Waals surface area contributed by atoms with Gasteiger partial charge in [0.25, 0.3) is 0 Å². The SMILES string of the molecule is Cc1cc(C(=O)CCC(=O)NCC(Cc2ccc(F)cc2)C(N)=O)c(C)s1. The van der Waals surface area contributed by atoms with E-state index < -0.39 is 11.8 Å². The van der Waals surface area contributed by atoms with Crippen LogP contribution in [0, 0.1) is 25.6 Å². The van der Waals surface area contributed by atoms with Crippen molar-refractivity contribution in [1.82, 2.24) is 5.32 Å². The summed E-state index contributed by atoms with van der Waals surface area (Å²) in [6, 6.07) is 7.62. The smallest absolute Gasteiger partial charge is 0.222 e. The van der Waals surface area contributed by atoms with E-state index in [1.807, 2.05) is 19.9 Å². The summed E-state index contributed by atoms with van der Waals surface area (Å²) in [5.74, 6) is -1.87. The van der Waals surface area contributed by atoms with Gasteiger partial charge < -0.3 is 11.1 Å². The highest BCUT2D eigenvalue weighted by molar-refractivity contribution is 7.12. The maximum absolute atomic E-state index is 13.0. The van der Waals surface area contributed by atoms with E-state index in [1.165, 1.54) is 12.1 Å². The van der Waals surface area contributed by atoms with Crippen LogP contribution in [0.5, 0.6) is 0 Å². The van der Waals surface area contributed by atoms with Crippen molar-refractivity contribution in [1.29, 1.82) is 0 Å². The van der Waals surface area contributed by atoms with Crippen LogP contribution in [0.25, 0.3) is 0 Å². The summed E-state index contributed by atoms with van der Waals surface area (Å²) in [5.41, 5.74) is 6.82. The van der Waals surface area contributed by atoms with E-state index in [0.29, 0.717) is 12.0 Å². The summed E-state index contributed by atoms with van der Waals surface area (Å²) in [7, 11) is 0. The average Bonchev–Trinajstić information content (AvgIpc) is 2.96. The number of primary amides is 1. The zero-order chi connectivity index (χ0) is 20.0. The fourth-order valence-corrected chi connectivity index (χ4v) is 3.72. The molecule has 2 rings (SSSR count). The Labute approximate surface area is 161 Å². The maximum Gasteiger partial charge on any atom is 0.222 e. The van der Waals surface area contributed by atoms with Crippen molar-refractivity contribution >= 4 is 28.9 Å². The summed E-state index contributed by atoms with van der Waals surface area (Å²) in [5, 5.41) is 2.66. The highest BCUT2D eigenvalue weighted by atomic mass is 32.1. The van der Waals surface area contributed by atoms with Gasteiger partial charge in [0.2, 0.25) is 11.8 Å². The van der Waals surface area contributed by atoms with E-state index in [4.69, 9.17) is 5.73 Å². The highest BCUT2D eigenvalue weighted by Crippen LogP contribution is 2.22. The number of carbonyl (C=O) groups is 3. The Balaban J connectivity index is 1.83. The largest absolute Gasteiger partial charge is 0.369 e. The molecule has 0 fully saturated rings. The summed E-state index contributed by atoms with van der Waals surface area (Å²) < 4.78 is 13.0. The molecule has 0 aliphatic carbocycles. The number of rotatable bonds is 9. The van der Waals surface area contributed by atoms with Crippen molar-refractivity contribution in [3.8, 4) is 0 Å². The lowest BCUT2D eigenvalue weighted by Gasteiger charge is -2.14. The van der Waals surface area contributed by atoms with Crippen molar-refractivity contribution in [2.75, 3.05) is 6.54 Å². The van der Waals surface area contributed by atoms with E-state index in [1.54, 1.807) is 23.5 Å². The van der Waals surface area contributed by atoms with Gasteiger partial charge in [-0.1, -0.05) is 12.1 Å². The van der Waals surface area contributed by atoms with E-state index in [-0.39, 0.29) is 36.9 Å². The molecule has 1 atom stereocenters. The molecule has 1 unspecified atom stereocenters. The third-order valence-corrected chi connectivity index (χ3v) is 5.23. The molecule has 0 saturated carbocycles. The first-order chi connectivity index (χ1) is 12.8. The normalized spacial score (nSPS) is 11.8. The second kappa shape index (κ2) is 9.41. The van der Waals surface area contributed by atoms with Crippen LogP contribution < -0.4 is 11.1 Å². The number of hydrogen-bond donors (Lipinski definition) is 2. The molecule has 0 aliphatic rings. The van der Waals surface area contributed by atoms with Crippen molar-refractivity contribution in [3.63, 3.8) is 0 Å². The van der Waals surface area contributed by atoms with Crippen LogP contribution in [0.3, 0.4) is 0 Å². The number of carbonyl (C=O) groups excluding carboxylic acids is 3. The molecule has 2 aromatic rings. The summed E-state index contributed by atoms with van der Waals surface area (Å²) in [4.78, 5) is 37.9. The second-order valence-electron chi connectivity index (χ2n) is 6.48. The standard InChI is InChI=1S/C20H23FN2O3S/c1-12-9-17(13(2)27-12)18(24)7-8-19(25)23-11-15(20(22)26)10-14-3-5-16(21)6-4-14/h3-6,9,15H,7-8,10-11H2,1-2H3,(H2,22,26)(H,23,25). The van der Waals surface area contributed by atoms with Crippen LogP contribution >= 0.6 is 11.3 Å². The number of Topliss-reactive ketones (excluding diaryl/α,β-unsaturated/α-hetero) is 1. The average molecular weight is 390 g/mol.